The summed E-state index contributed by atoms with van der Waals surface area (Å²) in [5, 5.41) is 10.6. The summed E-state index contributed by atoms with van der Waals surface area (Å²) < 4.78 is 35.6. The molecule has 0 radical (unpaired) electrons. The van der Waals surface area contributed by atoms with Gasteiger partial charge < -0.3 is 10.4 Å². The Morgan fingerprint density at radius 2 is 2.00 bits per heavy atom. The Labute approximate surface area is 117 Å². The molecule has 2 N–H and O–H groups in total. The summed E-state index contributed by atoms with van der Waals surface area (Å²) in [5.41, 5.74) is 0.922. The van der Waals surface area contributed by atoms with Gasteiger partial charge in [0.1, 0.15) is 0 Å². The van der Waals surface area contributed by atoms with Crippen molar-refractivity contribution in [1.29, 1.82) is 0 Å². The lowest BCUT2D eigenvalue weighted by Crippen LogP contribution is -2.37. The SMILES string of the molecule is O=C(O)c1cccc(CSCCNC(=O)C(F)(F)F)c1. The zero-order valence-corrected chi connectivity index (χ0v) is 11.1. The molecule has 1 aromatic carbocycles. The van der Waals surface area contributed by atoms with Gasteiger partial charge in [-0.15, -0.1) is 0 Å². The number of alkyl halides is 3. The van der Waals surface area contributed by atoms with E-state index in [-0.39, 0.29) is 12.1 Å². The highest BCUT2D eigenvalue weighted by molar-refractivity contribution is 7.98. The number of hydrogen-bond acceptors (Lipinski definition) is 3. The van der Waals surface area contributed by atoms with Crippen LogP contribution in [0.2, 0.25) is 0 Å². The molecule has 0 saturated carbocycles. The van der Waals surface area contributed by atoms with Crippen molar-refractivity contribution in [2.75, 3.05) is 12.3 Å². The zero-order chi connectivity index (χ0) is 15.2. The summed E-state index contributed by atoms with van der Waals surface area (Å²) in [6, 6.07) is 6.29. The van der Waals surface area contributed by atoms with Gasteiger partial charge in [0.2, 0.25) is 0 Å². The third kappa shape index (κ3) is 5.52. The highest BCUT2D eigenvalue weighted by atomic mass is 32.2. The standard InChI is InChI=1S/C12H12F3NO3S/c13-12(14,15)11(19)16-4-5-20-7-8-2-1-3-9(6-8)10(17)18/h1-3,6H,4-5,7H2,(H,16,19)(H,17,18). The van der Waals surface area contributed by atoms with Crippen LogP contribution in [0.15, 0.2) is 24.3 Å². The van der Waals surface area contributed by atoms with Crippen molar-refractivity contribution in [2.45, 2.75) is 11.9 Å². The number of nitrogens with one attached hydrogen (secondary N) is 1. The minimum Gasteiger partial charge on any atom is -0.478 e. The topological polar surface area (TPSA) is 66.4 Å². The van der Waals surface area contributed by atoms with E-state index in [1.807, 2.05) is 0 Å². The van der Waals surface area contributed by atoms with Crippen molar-refractivity contribution in [1.82, 2.24) is 5.32 Å². The smallest absolute Gasteiger partial charge is 0.471 e. The first-order chi connectivity index (χ1) is 9.30. The van der Waals surface area contributed by atoms with Gasteiger partial charge in [0, 0.05) is 18.1 Å². The van der Waals surface area contributed by atoms with Crippen LogP contribution in [0.1, 0.15) is 15.9 Å². The van der Waals surface area contributed by atoms with E-state index in [2.05, 4.69) is 0 Å². The van der Waals surface area contributed by atoms with E-state index < -0.39 is 18.1 Å². The van der Waals surface area contributed by atoms with Crippen LogP contribution in [0.4, 0.5) is 13.2 Å². The third-order valence-corrected chi connectivity index (χ3v) is 3.26. The van der Waals surface area contributed by atoms with E-state index in [0.717, 1.165) is 5.56 Å². The van der Waals surface area contributed by atoms with E-state index in [1.165, 1.54) is 23.9 Å². The summed E-state index contributed by atoms with van der Waals surface area (Å²) in [7, 11) is 0. The van der Waals surface area contributed by atoms with Crippen molar-refractivity contribution in [3.05, 3.63) is 35.4 Å². The number of thioether (sulfide) groups is 1. The highest BCUT2D eigenvalue weighted by Gasteiger charge is 2.38. The van der Waals surface area contributed by atoms with Gasteiger partial charge in [0.05, 0.1) is 5.56 Å². The number of carbonyl (C=O) groups excluding carboxylic acids is 1. The number of rotatable bonds is 6. The Kier molecular flexibility index (Phi) is 5.87. The summed E-state index contributed by atoms with van der Waals surface area (Å²) >= 11 is 1.30. The van der Waals surface area contributed by atoms with Crippen molar-refractivity contribution >= 4 is 23.6 Å². The van der Waals surface area contributed by atoms with Gasteiger partial charge in [0.15, 0.2) is 0 Å². The molecule has 110 valence electrons. The molecular weight excluding hydrogens is 295 g/mol. The van der Waals surface area contributed by atoms with Crippen LogP contribution < -0.4 is 5.32 Å². The fraction of sp³-hybridized carbons (Fsp3) is 0.333. The van der Waals surface area contributed by atoms with Crippen LogP contribution in [0, 0.1) is 0 Å². The van der Waals surface area contributed by atoms with Gasteiger partial charge in [-0.25, -0.2) is 4.79 Å². The molecule has 0 aliphatic heterocycles. The summed E-state index contributed by atoms with van der Waals surface area (Å²) in [6.07, 6.45) is -4.86. The van der Waals surface area contributed by atoms with Crippen LogP contribution in [0.3, 0.4) is 0 Å². The number of carbonyl (C=O) groups is 2. The molecule has 1 rings (SSSR count). The first-order valence-corrected chi connectivity index (χ1v) is 6.71. The van der Waals surface area contributed by atoms with Crippen molar-refractivity contribution in [2.24, 2.45) is 0 Å². The fourth-order valence-electron chi connectivity index (χ4n) is 1.32. The van der Waals surface area contributed by atoms with Crippen LogP contribution in [-0.2, 0) is 10.5 Å². The fourth-order valence-corrected chi connectivity index (χ4v) is 2.13. The minimum absolute atomic E-state index is 0.0956. The Morgan fingerprint density at radius 3 is 2.60 bits per heavy atom. The number of benzene rings is 1. The lowest BCUT2D eigenvalue weighted by Gasteiger charge is -2.07. The number of carboxylic acid groups (broad SMARTS) is 1. The zero-order valence-electron chi connectivity index (χ0n) is 10.2. The predicted molar refractivity (Wildman–Crippen MR) is 68.6 cm³/mol. The molecule has 1 aromatic rings. The molecule has 0 bridgehead atoms. The Balaban J connectivity index is 2.30. The molecule has 20 heavy (non-hydrogen) atoms. The van der Waals surface area contributed by atoms with E-state index in [4.69, 9.17) is 5.11 Å². The van der Waals surface area contributed by atoms with Gasteiger partial charge in [-0.3, -0.25) is 4.79 Å². The lowest BCUT2D eigenvalue weighted by molar-refractivity contribution is -0.173. The average molecular weight is 307 g/mol. The summed E-state index contributed by atoms with van der Waals surface area (Å²) in [5.74, 6) is -2.22. The maximum Gasteiger partial charge on any atom is 0.471 e. The molecule has 0 spiro atoms. The largest absolute Gasteiger partial charge is 0.478 e. The van der Waals surface area contributed by atoms with E-state index >= 15 is 0 Å². The molecule has 1 amide bonds. The summed E-state index contributed by atoms with van der Waals surface area (Å²) in [6.45, 7) is -0.0956. The Morgan fingerprint density at radius 1 is 1.30 bits per heavy atom. The molecule has 0 aliphatic rings. The second-order valence-electron chi connectivity index (χ2n) is 3.81. The van der Waals surface area contributed by atoms with Crippen LogP contribution in [-0.4, -0.2) is 35.5 Å². The van der Waals surface area contributed by atoms with Gasteiger partial charge in [0.25, 0.3) is 0 Å². The minimum atomic E-state index is -4.86. The third-order valence-electron chi connectivity index (χ3n) is 2.23. The molecular formula is C12H12F3NO3S. The van der Waals surface area contributed by atoms with Gasteiger partial charge in [-0.1, -0.05) is 12.1 Å². The predicted octanol–water partition coefficient (Wildman–Crippen LogP) is 2.30. The normalized spacial score (nSPS) is 11.2. The molecule has 0 fully saturated rings. The maximum atomic E-state index is 11.9. The van der Waals surface area contributed by atoms with E-state index in [0.29, 0.717) is 11.5 Å². The molecule has 0 heterocycles. The molecule has 8 heteroatoms. The molecule has 0 atom stereocenters. The maximum absolute atomic E-state index is 11.9. The molecule has 0 aliphatic carbocycles. The first-order valence-electron chi connectivity index (χ1n) is 5.55. The van der Waals surface area contributed by atoms with Gasteiger partial charge in [-0.2, -0.15) is 24.9 Å². The number of amides is 1. The second kappa shape index (κ2) is 7.18. The molecule has 4 nitrogen and oxygen atoms in total. The van der Waals surface area contributed by atoms with Crippen molar-refractivity contribution in [3.8, 4) is 0 Å². The first kappa shape index (κ1) is 16.4. The van der Waals surface area contributed by atoms with Crippen LogP contribution >= 0.6 is 11.8 Å². The van der Waals surface area contributed by atoms with Crippen molar-refractivity contribution < 1.29 is 27.9 Å². The van der Waals surface area contributed by atoms with Gasteiger partial charge in [-0.05, 0) is 17.7 Å². The van der Waals surface area contributed by atoms with Crippen molar-refractivity contribution in [3.63, 3.8) is 0 Å². The molecule has 0 unspecified atom stereocenters. The van der Waals surface area contributed by atoms with Gasteiger partial charge >= 0.3 is 18.1 Å². The monoisotopic (exact) mass is 307 g/mol. The lowest BCUT2D eigenvalue weighted by atomic mass is 10.1. The average Bonchev–Trinajstić information content (AvgIpc) is 2.37. The number of hydrogen-bond donors (Lipinski definition) is 2. The van der Waals surface area contributed by atoms with E-state index in [1.54, 1.807) is 17.4 Å². The molecule has 0 aromatic heterocycles. The quantitative estimate of drug-likeness (QED) is 0.791. The van der Waals surface area contributed by atoms with E-state index in [9.17, 15) is 22.8 Å². The van der Waals surface area contributed by atoms with Crippen LogP contribution in [0.5, 0.6) is 0 Å². The number of carboxylic acids is 1. The summed E-state index contributed by atoms with van der Waals surface area (Å²) in [4.78, 5) is 21.2. The highest BCUT2D eigenvalue weighted by Crippen LogP contribution is 2.15. The van der Waals surface area contributed by atoms with Crippen LogP contribution in [0.25, 0.3) is 0 Å². The second-order valence-corrected chi connectivity index (χ2v) is 4.92. The number of aromatic carboxylic acids is 1. The number of halogens is 3. The Bertz CT molecular complexity index is 491. The Hall–Kier alpha value is -1.70. The molecule has 0 saturated heterocycles.